The summed E-state index contributed by atoms with van der Waals surface area (Å²) in [4.78, 5) is 11.5. The molecule has 0 unspecified atom stereocenters. The van der Waals surface area contributed by atoms with Gasteiger partial charge in [-0.05, 0) is 31.9 Å². The van der Waals surface area contributed by atoms with E-state index in [2.05, 4.69) is 0 Å². The van der Waals surface area contributed by atoms with Gasteiger partial charge in [-0.1, -0.05) is 18.6 Å². The standard InChI is InChI=1S/C14H19NO4S/c1-11(17)12-5-4-7-14(9-12)20(18,19)15-8-3-2-6-13(15)10-16/h4-5,7,9,13,16H,2-3,6,8,10H2,1H3/t13-/m1/s1. The van der Waals surface area contributed by atoms with E-state index >= 15 is 0 Å². The fourth-order valence-corrected chi connectivity index (χ4v) is 4.22. The van der Waals surface area contributed by atoms with E-state index in [1.807, 2.05) is 0 Å². The van der Waals surface area contributed by atoms with Crippen LogP contribution < -0.4 is 0 Å². The van der Waals surface area contributed by atoms with Crippen molar-refractivity contribution in [2.45, 2.75) is 37.1 Å². The molecular formula is C14H19NO4S. The van der Waals surface area contributed by atoms with Gasteiger partial charge in [0.25, 0.3) is 0 Å². The fraction of sp³-hybridized carbons (Fsp3) is 0.500. The van der Waals surface area contributed by atoms with Gasteiger partial charge in [-0.25, -0.2) is 8.42 Å². The van der Waals surface area contributed by atoms with E-state index in [9.17, 15) is 18.3 Å². The van der Waals surface area contributed by atoms with Crippen LogP contribution >= 0.6 is 0 Å². The van der Waals surface area contributed by atoms with Crippen LogP contribution in [0.15, 0.2) is 29.2 Å². The first kappa shape index (κ1) is 15.2. The number of aliphatic hydroxyl groups excluding tert-OH is 1. The molecule has 1 aromatic carbocycles. The Morgan fingerprint density at radius 1 is 1.40 bits per heavy atom. The van der Waals surface area contributed by atoms with Crippen molar-refractivity contribution < 1.29 is 18.3 Å². The van der Waals surface area contributed by atoms with Crippen LogP contribution in [0.4, 0.5) is 0 Å². The molecule has 0 aromatic heterocycles. The third-order valence-corrected chi connectivity index (χ3v) is 5.58. The van der Waals surface area contributed by atoms with E-state index in [-0.39, 0.29) is 23.3 Å². The number of hydrogen-bond acceptors (Lipinski definition) is 4. The van der Waals surface area contributed by atoms with Gasteiger partial charge in [0, 0.05) is 18.2 Å². The number of benzene rings is 1. The molecule has 1 aliphatic heterocycles. The van der Waals surface area contributed by atoms with Crippen molar-refractivity contribution in [2.24, 2.45) is 0 Å². The lowest BCUT2D eigenvalue weighted by molar-refractivity contribution is 0.101. The first-order valence-electron chi connectivity index (χ1n) is 6.70. The zero-order chi connectivity index (χ0) is 14.8. The Labute approximate surface area is 119 Å². The second kappa shape index (κ2) is 6.03. The van der Waals surface area contributed by atoms with Crippen LogP contribution in [-0.2, 0) is 10.0 Å². The van der Waals surface area contributed by atoms with Crippen LogP contribution in [0.3, 0.4) is 0 Å². The topological polar surface area (TPSA) is 74.7 Å². The van der Waals surface area contributed by atoms with Gasteiger partial charge in [0.1, 0.15) is 0 Å². The average molecular weight is 297 g/mol. The number of rotatable bonds is 4. The summed E-state index contributed by atoms with van der Waals surface area (Å²) in [5, 5.41) is 9.35. The smallest absolute Gasteiger partial charge is 0.243 e. The quantitative estimate of drug-likeness (QED) is 0.853. The van der Waals surface area contributed by atoms with Gasteiger partial charge in [0.2, 0.25) is 10.0 Å². The summed E-state index contributed by atoms with van der Waals surface area (Å²) in [6.07, 6.45) is 2.38. The van der Waals surface area contributed by atoms with Crippen molar-refractivity contribution in [3.8, 4) is 0 Å². The molecule has 0 amide bonds. The summed E-state index contributed by atoms with van der Waals surface area (Å²) in [6.45, 7) is 1.65. The van der Waals surface area contributed by atoms with Crippen LogP contribution in [0.2, 0.25) is 0 Å². The molecular weight excluding hydrogens is 278 g/mol. The lowest BCUT2D eigenvalue weighted by Crippen LogP contribution is -2.45. The molecule has 1 aliphatic rings. The van der Waals surface area contributed by atoms with Gasteiger partial charge < -0.3 is 5.11 Å². The van der Waals surface area contributed by atoms with Crippen molar-refractivity contribution in [1.29, 1.82) is 0 Å². The molecule has 0 saturated carbocycles. The molecule has 110 valence electrons. The Morgan fingerprint density at radius 2 is 2.15 bits per heavy atom. The predicted octanol–water partition coefficient (Wildman–Crippen LogP) is 1.42. The van der Waals surface area contributed by atoms with E-state index in [1.54, 1.807) is 12.1 Å². The normalized spacial score (nSPS) is 20.8. The zero-order valence-electron chi connectivity index (χ0n) is 11.4. The number of Topliss-reactive ketones (excluding diaryl/α,β-unsaturated/α-hetero) is 1. The zero-order valence-corrected chi connectivity index (χ0v) is 12.3. The summed E-state index contributed by atoms with van der Waals surface area (Å²) >= 11 is 0. The molecule has 2 rings (SSSR count). The van der Waals surface area contributed by atoms with Crippen LogP contribution in [0.5, 0.6) is 0 Å². The van der Waals surface area contributed by atoms with Gasteiger partial charge in [-0.15, -0.1) is 0 Å². The largest absolute Gasteiger partial charge is 0.395 e. The molecule has 1 aromatic rings. The lowest BCUT2D eigenvalue weighted by atomic mass is 10.1. The molecule has 6 heteroatoms. The van der Waals surface area contributed by atoms with Gasteiger partial charge in [-0.2, -0.15) is 4.31 Å². The van der Waals surface area contributed by atoms with Crippen molar-refractivity contribution in [3.63, 3.8) is 0 Å². The van der Waals surface area contributed by atoms with Crippen molar-refractivity contribution >= 4 is 15.8 Å². The monoisotopic (exact) mass is 297 g/mol. The number of nitrogens with zero attached hydrogens (tertiary/aromatic N) is 1. The molecule has 1 heterocycles. The number of carbonyl (C=O) groups is 1. The van der Waals surface area contributed by atoms with Crippen LogP contribution in [0, 0.1) is 0 Å². The maximum Gasteiger partial charge on any atom is 0.243 e. The van der Waals surface area contributed by atoms with Gasteiger partial charge in [0.15, 0.2) is 5.78 Å². The molecule has 0 radical (unpaired) electrons. The van der Waals surface area contributed by atoms with Crippen LogP contribution in [0.25, 0.3) is 0 Å². The van der Waals surface area contributed by atoms with Crippen LogP contribution in [-0.4, -0.2) is 42.8 Å². The third-order valence-electron chi connectivity index (χ3n) is 3.63. The second-order valence-corrected chi connectivity index (χ2v) is 6.92. The van der Waals surface area contributed by atoms with Gasteiger partial charge in [0.05, 0.1) is 11.5 Å². The number of sulfonamides is 1. The average Bonchev–Trinajstić information content (AvgIpc) is 2.47. The third kappa shape index (κ3) is 2.92. The molecule has 5 nitrogen and oxygen atoms in total. The first-order valence-corrected chi connectivity index (χ1v) is 8.14. The minimum Gasteiger partial charge on any atom is -0.395 e. The van der Waals surface area contributed by atoms with Gasteiger partial charge >= 0.3 is 0 Å². The Balaban J connectivity index is 2.38. The van der Waals surface area contributed by atoms with E-state index in [0.717, 1.165) is 12.8 Å². The Morgan fingerprint density at radius 3 is 2.80 bits per heavy atom. The molecule has 1 fully saturated rings. The van der Waals surface area contributed by atoms with Crippen LogP contribution in [0.1, 0.15) is 36.5 Å². The maximum absolute atomic E-state index is 12.6. The minimum atomic E-state index is -3.66. The summed E-state index contributed by atoms with van der Waals surface area (Å²) in [7, 11) is -3.66. The predicted molar refractivity (Wildman–Crippen MR) is 75.1 cm³/mol. The fourth-order valence-electron chi connectivity index (χ4n) is 2.48. The second-order valence-electron chi connectivity index (χ2n) is 5.03. The number of ketones is 1. The highest BCUT2D eigenvalue weighted by Gasteiger charge is 2.33. The molecule has 0 spiro atoms. The summed E-state index contributed by atoms with van der Waals surface area (Å²) in [6, 6.07) is 5.70. The van der Waals surface area contributed by atoms with Crippen molar-refractivity contribution in [2.75, 3.05) is 13.2 Å². The summed E-state index contributed by atoms with van der Waals surface area (Å²) in [5.74, 6) is -0.167. The van der Waals surface area contributed by atoms with Crippen molar-refractivity contribution in [3.05, 3.63) is 29.8 Å². The Kier molecular flexibility index (Phi) is 4.57. The molecule has 1 N–H and O–H groups in total. The summed E-state index contributed by atoms with van der Waals surface area (Å²) in [5.41, 5.74) is 0.378. The Bertz CT molecular complexity index is 597. The SMILES string of the molecule is CC(=O)c1cccc(S(=O)(=O)N2CCCC[C@@H]2CO)c1. The number of hydrogen-bond donors (Lipinski definition) is 1. The molecule has 20 heavy (non-hydrogen) atoms. The highest BCUT2D eigenvalue weighted by Crippen LogP contribution is 2.25. The van der Waals surface area contributed by atoms with E-state index < -0.39 is 10.0 Å². The van der Waals surface area contributed by atoms with Gasteiger partial charge in [-0.3, -0.25) is 4.79 Å². The molecule has 0 aliphatic carbocycles. The lowest BCUT2D eigenvalue weighted by Gasteiger charge is -2.33. The van der Waals surface area contributed by atoms with E-state index in [4.69, 9.17) is 0 Å². The minimum absolute atomic E-state index is 0.116. The maximum atomic E-state index is 12.6. The summed E-state index contributed by atoms with van der Waals surface area (Å²) < 4.78 is 26.6. The van der Waals surface area contributed by atoms with E-state index in [0.29, 0.717) is 18.5 Å². The Hall–Kier alpha value is -1.24. The number of carbonyl (C=O) groups excluding carboxylic acids is 1. The van der Waals surface area contributed by atoms with E-state index in [1.165, 1.54) is 23.4 Å². The molecule has 1 atom stereocenters. The van der Waals surface area contributed by atoms with Crippen molar-refractivity contribution in [1.82, 2.24) is 4.31 Å². The molecule has 1 saturated heterocycles. The highest BCUT2D eigenvalue weighted by molar-refractivity contribution is 7.89. The first-order chi connectivity index (χ1) is 9.46. The highest BCUT2D eigenvalue weighted by atomic mass is 32.2. The molecule has 0 bridgehead atoms. The number of piperidine rings is 1. The number of aliphatic hydroxyl groups is 1.